The largest absolute Gasteiger partial charge is 0.444 e. The zero-order chi connectivity index (χ0) is 17.5. The highest BCUT2D eigenvalue weighted by atomic mass is 127. The molecule has 2 heterocycles. The van der Waals surface area contributed by atoms with E-state index in [1.54, 1.807) is 6.26 Å². The molecule has 1 aliphatic heterocycles. The Labute approximate surface area is 172 Å². The van der Waals surface area contributed by atoms with Crippen molar-refractivity contribution in [2.45, 2.75) is 19.9 Å². The first-order chi connectivity index (χ1) is 12.3. The summed E-state index contributed by atoms with van der Waals surface area (Å²) in [6.07, 6.45) is 2.84. The standard InChI is InChI=1S/C19H26N4O2.HI/c1-3-24-13-15-9-10-23(12-15)19(20-2)21-11-17-14-25-18(22-17)16-7-5-4-6-8-16;/h4-8,14-15H,3,9-13H2,1-2H3,(H,20,21);1H. The van der Waals surface area contributed by atoms with Crippen LogP contribution in [0.2, 0.25) is 0 Å². The van der Waals surface area contributed by atoms with E-state index in [4.69, 9.17) is 9.15 Å². The van der Waals surface area contributed by atoms with Crippen LogP contribution in [0.15, 0.2) is 46.0 Å². The Hall–Kier alpha value is -1.61. The summed E-state index contributed by atoms with van der Waals surface area (Å²) < 4.78 is 11.1. The van der Waals surface area contributed by atoms with Gasteiger partial charge in [0.25, 0.3) is 0 Å². The van der Waals surface area contributed by atoms with Crippen LogP contribution >= 0.6 is 24.0 Å². The van der Waals surface area contributed by atoms with E-state index in [1.807, 2.05) is 44.3 Å². The van der Waals surface area contributed by atoms with Gasteiger partial charge in [0.2, 0.25) is 5.89 Å². The Bertz CT molecular complexity index is 690. The molecule has 1 aromatic heterocycles. The zero-order valence-electron chi connectivity index (χ0n) is 15.4. The third kappa shape index (κ3) is 5.44. The number of nitrogens with one attached hydrogen (secondary N) is 1. The number of aliphatic imine (C=N–C) groups is 1. The second kappa shape index (κ2) is 10.5. The first kappa shape index (κ1) is 20.7. The molecule has 3 rings (SSSR count). The highest BCUT2D eigenvalue weighted by Gasteiger charge is 2.24. The minimum absolute atomic E-state index is 0. The first-order valence-electron chi connectivity index (χ1n) is 8.83. The maximum absolute atomic E-state index is 5.58. The van der Waals surface area contributed by atoms with Crippen LogP contribution in [0.4, 0.5) is 0 Å². The normalized spacial score (nSPS) is 17.2. The smallest absolute Gasteiger partial charge is 0.226 e. The molecule has 26 heavy (non-hydrogen) atoms. The summed E-state index contributed by atoms with van der Waals surface area (Å²) in [6, 6.07) is 9.92. The Morgan fingerprint density at radius 1 is 1.38 bits per heavy atom. The monoisotopic (exact) mass is 470 g/mol. The maximum Gasteiger partial charge on any atom is 0.226 e. The van der Waals surface area contributed by atoms with Crippen LogP contribution in [0.5, 0.6) is 0 Å². The lowest BCUT2D eigenvalue weighted by molar-refractivity contribution is 0.114. The number of benzene rings is 1. The Morgan fingerprint density at radius 2 is 2.19 bits per heavy atom. The van der Waals surface area contributed by atoms with Gasteiger partial charge in [0.15, 0.2) is 5.96 Å². The summed E-state index contributed by atoms with van der Waals surface area (Å²) in [6.45, 7) is 6.22. The SMILES string of the molecule is CCOCC1CCN(C(=NC)NCc2coc(-c3ccccc3)n2)C1.I. The second-order valence-electron chi connectivity index (χ2n) is 6.17. The lowest BCUT2D eigenvalue weighted by Gasteiger charge is -2.21. The minimum atomic E-state index is 0. The Kier molecular flexibility index (Phi) is 8.37. The number of hydrogen-bond acceptors (Lipinski definition) is 4. The molecule has 1 unspecified atom stereocenters. The van der Waals surface area contributed by atoms with Gasteiger partial charge in [-0.25, -0.2) is 4.98 Å². The van der Waals surface area contributed by atoms with Crippen LogP contribution in [0.1, 0.15) is 19.0 Å². The van der Waals surface area contributed by atoms with Crippen LogP contribution in [-0.4, -0.2) is 49.2 Å². The fourth-order valence-electron chi connectivity index (χ4n) is 3.05. The van der Waals surface area contributed by atoms with Crippen LogP contribution in [-0.2, 0) is 11.3 Å². The van der Waals surface area contributed by atoms with Gasteiger partial charge in [0.1, 0.15) is 6.26 Å². The van der Waals surface area contributed by atoms with Crippen molar-refractivity contribution < 1.29 is 9.15 Å². The number of hydrogen-bond donors (Lipinski definition) is 1. The van der Waals surface area contributed by atoms with Gasteiger partial charge in [-0.3, -0.25) is 4.99 Å². The fourth-order valence-corrected chi connectivity index (χ4v) is 3.05. The third-order valence-electron chi connectivity index (χ3n) is 4.35. The Balaban J connectivity index is 0.00000243. The molecule has 0 spiro atoms. The molecule has 1 saturated heterocycles. The lowest BCUT2D eigenvalue weighted by atomic mass is 10.1. The number of likely N-dealkylation sites (tertiary alicyclic amines) is 1. The van der Waals surface area contributed by atoms with E-state index in [2.05, 4.69) is 20.2 Å². The van der Waals surface area contributed by atoms with Crippen LogP contribution < -0.4 is 5.32 Å². The number of aromatic nitrogens is 1. The number of halogens is 1. The van der Waals surface area contributed by atoms with E-state index in [0.717, 1.165) is 49.9 Å². The van der Waals surface area contributed by atoms with Gasteiger partial charge in [-0.05, 0) is 25.5 Å². The molecular weight excluding hydrogens is 443 g/mol. The molecule has 6 nitrogen and oxygen atoms in total. The molecule has 1 fully saturated rings. The minimum Gasteiger partial charge on any atom is -0.444 e. The van der Waals surface area contributed by atoms with Crippen molar-refractivity contribution in [3.63, 3.8) is 0 Å². The first-order valence-corrected chi connectivity index (χ1v) is 8.83. The molecule has 0 amide bonds. The molecule has 1 aliphatic rings. The number of rotatable bonds is 6. The molecule has 2 aromatic rings. The van der Waals surface area contributed by atoms with Crippen LogP contribution in [0, 0.1) is 5.92 Å². The maximum atomic E-state index is 5.58. The van der Waals surface area contributed by atoms with Crippen molar-refractivity contribution >= 4 is 29.9 Å². The molecular formula is C19H27IN4O2. The molecule has 142 valence electrons. The average molecular weight is 470 g/mol. The average Bonchev–Trinajstić information content (AvgIpc) is 3.31. The van der Waals surface area contributed by atoms with Gasteiger partial charge in [0.05, 0.1) is 18.8 Å². The molecule has 0 bridgehead atoms. The summed E-state index contributed by atoms with van der Waals surface area (Å²) in [7, 11) is 1.82. The third-order valence-corrected chi connectivity index (χ3v) is 4.35. The van der Waals surface area contributed by atoms with Crippen molar-refractivity contribution in [3.05, 3.63) is 42.3 Å². The van der Waals surface area contributed by atoms with Crippen molar-refractivity contribution in [3.8, 4) is 11.5 Å². The van der Waals surface area contributed by atoms with Crippen molar-refractivity contribution in [1.82, 2.24) is 15.2 Å². The van der Waals surface area contributed by atoms with Gasteiger partial charge in [-0.15, -0.1) is 24.0 Å². The fraction of sp³-hybridized carbons (Fsp3) is 0.474. The number of nitrogens with zero attached hydrogens (tertiary/aromatic N) is 3. The molecule has 0 aliphatic carbocycles. The lowest BCUT2D eigenvalue weighted by Crippen LogP contribution is -2.39. The molecule has 7 heteroatoms. The van der Waals surface area contributed by atoms with Gasteiger partial charge in [0, 0.05) is 38.2 Å². The predicted octanol–water partition coefficient (Wildman–Crippen LogP) is 3.39. The highest BCUT2D eigenvalue weighted by molar-refractivity contribution is 14.0. The predicted molar refractivity (Wildman–Crippen MR) is 114 cm³/mol. The second-order valence-corrected chi connectivity index (χ2v) is 6.17. The topological polar surface area (TPSA) is 62.9 Å². The van der Waals surface area contributed by atoms with E-state index in [9.17, 15) is 0 Å². The van der Waals surface area contributed by atoms with Gasteiger partial charge in [-0.1, -0.05) is 18.2 Å². The quantitative estimate of drug-likeness (QED) is 0.399. The molecule has 1 atom stereocenters. The van der Waals surface area contributed by atoms with E-state index in [0.29, 0.717) is 18.4 Å². The summed E-state index contributed by atoms with van der Waals surface area (Å²) >= 11 is 0. The van der Waals surface area contributed by atoms with Gasteiger partial charge < -0.3 is 19.4 Å². The van der Waals surface area contributed by atoms with Crippen molar-refractivity contribution in [1.29, 1.82) is 0 Å². The summed E-state index contributed by atoms with van der Waals surface area (Å²) in [4.78, 5) is 11.2. The zero-order valence-corrected chi connectivity index (χ0v) is 17.7. The number of ether oxygens (including phenoxy) is 1. The van der Waals surface area contributed by atoms with Crippen molar-refractivity contribution in [2.75, 3.05) is 33.4 Å². The number of guanidine groups is 1. The van der Waals surface area contributed by atoms with E-state index in [1.165, 1.54) is 0 Å². The van der Waals surface area contributed by atoms with Crippen LogP contribution in [0.3, 0.4) is 0 Å². The van der Waals surface area contributed by atoms with E-state index >= 15 is 0 Å². The van der Waals surface area contributed by atoms with E-state index < -0.39 is 0 Å². The van der Waals surface area contributed by atoms with Crippen molar-refractivity contribution in [2.24, 2.45) is 10.9 Å². The molecule has 1 aromatic carbocycles. The highest BCUT2D eigenvalue weighted by Crippen LogP contribution is 2.19. The molecule has 1 N–H and O–H groups in total. The molecule has 0 radical (unpaired) electrons. The van der Waals surface area contributed by atoms with Gasteiger partial charge >= 0.3 is 0 Å². The molecule has 0 saturated carbocycles. The summed E-state index contributed by atoms with van der Waals surface area (Å²) in [5.41, 5.74) is 1.85. The summed E-state index contributed by atoms with van der Waals surface area (Å²) in [5.74, 6) is 2.13. The van der Waals surface area contributed by atoms with Crippen LogP contribution in [0.25, 0.3) is 11.5 Å². The summed E-state index contributed by atoms with van der Waals surface area (Å²) in [5, 5.41) is 3.38. The number of oxazole rings is 1. The Morgan fingerprint density at radius 3 is 2.92 bits per heavy atom. The van der Waals surface area contributed by atoms with Gasteiger partial charge in [-0.2, -0.15) is 0 Å². The van der Waals surface area contributed by atoms with E-state index in [-0.39, 0.29) is 24.0 Å².